The van der Waals surface area contributed by atoms with Crippen molar-refractivity contribution in [2.75, 3.05) is 7.11 Å². The molecule has 0 spiro atoms. The van der Waals surface area contributed by atoms with Crippen molar-refractivity contribution in [3.05, 3.63) is 47.9 Å². The third-order valence-electron chi connectivity index (χ3n) is 5.70. The molecule has 0 radical (unpaired) electrons. The molecule has 30 heavy (non-hydrogen) atoms. The van der Waals surface area contributed by atoms with Gasteiger partial charge in [0.15, 0.2) is 0 Å². The molecule has 1 saturated carbocycles. The van der Waals surface area contributed by atoms with Gasteiger partial charge in [-0.15, -0.1) is 0 Å². The van der Waals surface area contributed by atoms with E-state index >= 15 is 0 Å². The van der Waals surface area contributed by atoms with E-state index in [0.717, 1.165) is 37.8 Å². The van der Waals surface area contributed by atoms with E-state index in [0.29, 0.717) is 17.4 Å². The summed E-state index contributed by atoms with van der Waals surface area (Å²) in [4.78, 5) is 21.0. The lowest BCUT2D eigenvalue weighted by molar-refractivity contribution is -0.0499. The maximum Gasteiger partial charge on any atom is 0.387 e. The summed E-state index contributed by atoms with van der Waals surface area (Å²) in [5.74, 6) is 1.04. The first-order chi connectivity index (χ1) is 14.5. The summed E-state index contributed by atoms with van der Waals surface area (Å²) >= 11 is 0. The van der Waals surface area contributed by atoms with E-state index in [4.69, 9.17) is 4.74 Å². The molecule has 0 unspecified atom stereocenters. The molecule has 6 nitrogen and oxygen atoms in total. The molecule has 2 heterocycles. The maximum atomic E-state index is 12.6. The van der Waals surface area contributed by atoms with Crippen LogP contribution in [0.1, 0.15) is 61.0 Å². The molecular formula is C22H27F2N3O3. The van der Waals surface area contributed by atoms with Crippen LogP contribution in [0.3, 0.4) is 0 Å². The highest BCUT2D eigenvalue weighted by Gasteiger charge is 2.29. The summed E-state index contributed by atoms with van der Waals surface area (Å²) in [6.45, 7) is -0.776. The van der Waals surface area contributed by atoms with Crippen LogP contribution in [0.2, 0.25) is 0 Å². The number of methoxy groups -OCH3 is 1. The molecular weight excluding hydrogens is 392 g/mol. The summed E-state index contributed by atoms with van der Waals surface area (Å²) in [6, 6.07) is 6.48. The average Bonchev–Trinajstić information content (AvgIpc) is 2.77. The second-order valence-corrected chi connectivity index (χ2v) is 7.48. The van der Waals surface area contributed by atoms with Crippen molar-refractivity contribution in [2.24, 2.45) is 5.92 Å². The Morgan fingerprint density at radius 3 is 2.57 bits per heavy atom. The highest BCUT2D eigenvalue weighted by atomic mass is 19.3. The molecule has 0 saturated heterocycles. The number of rotatable bonds is 8. The van der Waals surface area contributed by atoms with Crippen LogP contribution in [0.4, 0.5) is 8.78 Å². The van der Waals surface area contributed by atoms with Crippen molar-refractivity contribution in [3.63, 3.8) is 0 Å². The van der Waals surface area contributed by atoms with E-state index in [1.807, 2.05) is 0 Å². The van der Waals surface area contributed by atoms with Gasteiger partial charge in [0.25, 0.3) is 5.91 Å². The van der Waals surface area contributed by atoms with Crippen molar-refractivity contribution < 1.29 is 23.0 Å². The van der Waals surface area contributed by atoms with E-state index in [2.05, 4.69) is 26.9 Å². The smallest absolute Gasteiger partial charge is 0.387 e. The zero-order valence-corrected chi connectivity index (χ0v) is 17.2. The predicted molar refractivity (Wildman–Crippen MR) is 108 cm³/mol. The minimum Gasteiger partial charge on any atom is -0.481 e. The molecule has 1 amide bonds. The van der Waals surface area contributed by atoms with E-state index in [9.17, 15) is 13.6 Å². The third-order valence-corrected chi connectivity index (χ3v) is 5.70. The van der Waals surface area contributed by atoms with Gasteiger partial charge in [0.1, 0.15) is 5.75 Å². The number of ether oxygens (including phenoxy) is 2. The van der Waals surface area contributed by atoms with Crippen LogP contribution in [0.5, 0.6) is 11.6 Å². The normalized spacial score (nSPS) is 19.9. The largest absolute Gasteiger partial charge is 0.481 e. The number of pyridine rings is 2. The van der Waals surface area contributed by atoms with Gasteiger partial charge < -0.3 is 14.8 Å². The van der Waals surface area contributed by atoms with Crippen LogP contribution in [-0.2, 0) is 0 Å². The van der Waals surface area contributed by atoms with Crippen molar-refractivity contribution in [1.29, 1.82) is 0 Å². The summed E-state index contributed by atoms with van der Waals surface area (Å²) in [6.07, 6.45) is 7.52. The number of nitrogens with one attached hydrogen (secondary N) is 1. The third kappa shape index (κ3) is 5.64. The Bertz CT molecular complexity index is 825. The number of carbonyl (C=O) groups excluding carboxylic acids is 1. The lowest BCUT2D eigenvalue weighted by Crippen LogP contribution is -2.41. The molecule has 1 aliphatic rings. The molecule has 0 aliphatic heterocycles. The molecule has 8 heteroatoms. The minimum absolute atomic E-state index is 0.0713. The summed E-state index contributed by atoms with van der Waals surface area (Å²) < 4.78 is 34.4. The van der Waals surface area contributed by atoms with Gasteiger partial charge in [-0.2, -0.15) is 8.78 Å². The highest BCUT2D eigenvalue weighted by Crippen LogP contribution is 2.37. The number of amides is 1. The predicted octanol–water partition coefficient (Wildman–Crippen LogP) is 4.57. The van der Waals surface area contributed by atoms with E-state index in [-0.39, 0.29) is 23.6 Å². The van der Waals surface area contributed by atoms with Gasteiger partial charge in [0, 0.05) is 42.2 Å². The Morgan fingerprint density at radius 2 is 1.97 bits per heavy atom. The number of alkyl halides is 2. The summed E-state index contributed by atoms with van der Waals surface area (Å²) in [5, 5.41) is 3.14. The van der Waals surface area contributed by atoms with Gasteiger partial charge in [-0.3, -0.25) is 9.78 Å². The molecule has 3 rings (SSSR count). The van der Waals surface area contributed by atoms with Crippen LogP contribution in [0.15, 0.2) is 36.7 Å². The van der Waals surface area contributed by atoms with Gasteiger partial charge in [-0.25, -0.2) is 4.98 Å². The van der Waals surface area contributed by atoms with Gasteiger partial charge >= 0.3 is 6.61 Å². The van der Waals surface area contributed by atoms with Crippen LogP contribution < -0.4 is 14.8 Å². The highest BCUT2D eigenvalue weighted by molar-refractivity contribution is 5.94. The minimum atomic E-state index is -2.84. The SMILES string of the molecule is CC[C@H](NC(=O)c1ccc(OC)nc1)[C@H]1CC[C@@H](c2cc(OC(F)F)ccn2)CC1. The molecule has 2 aromatic rings. The standard InChI is InChI=1S/C22H27F2N3O3/c1-3-18(27-21(28)16-8-9-20(29-2)26-13-16)14-4-6-15(7-5-14)19-12-17(10-11-25-19)30-22(23)24/h8-15,18,22H,3-7H2,1-2H3,(H,27,28)/t14-,15+,18-/m0/s1. The fourth-order valence-corrected chi connectivity index (χ4v) is 4.09. The van der Waals surface area contributed by atoms with Gasteiger partial charge in [-0.1, -0.05) is 6.92 Å². The van der Waals surface area contributed by atoms with E-state index in [1.165, 1.54) is 25.6 Å². The number of hydrogen-bond acceptors (Lipinski definition) is 5. The Hall–Kier alpha value is -2.77. The molecule has 0 aromatic carbocycles. The van der Waals surface area contributed by atoms with E-state index < -0.39 is 6.61 Å². The molecule has 162 valence electrons. The van der Waals surface area contributed by atoms with E-state index in [1.54, 1.807) is 18.2 Å². The molecule has 0 bridgehead atoms. The van der Waals surface area contributed by atoms with Crippen LogP contribution in [0, 0.1) is 5.92 Å². The zero-order chi connectivity index (χ0) is 21.5. The molecule has 1 atom stereocenters. The Morgan fingerprint density at radius 1 is 1.20 bits per heavy atom. The summed E-state index contributed by atoms with van der Waals surface area (Å²) in [7, 11) is 1.53. The summed E-state index contributed by atoms with van der Waals surface area (Å²) in [5.41, 5.74) is 1.29. The molecule has 1 fully saturated rings. The zero-order valence-electron chi connectivity index (χ0n) is 17.2. The maximum absolute atomic E-state index is 12.6. The topological polar surface area (TPSA) is 73.3 Å². The first-order valence-electron chi connectivity index (χ1n) is 10.2. The lowest BCUT2D eigenvalue weighted by atomic mass is 9.76. The Labute approximate surface area is 175 Å². The average molecular weight is 419 g/mol. The number of hydrogen-bond donors (Lipinski definition) is 1. The number of nitrogens with zero attached hydrogens (tertiary/aromatic N) is 2. The number of aromatic nitrogens is 2. The molecule has 1 aliphatic carbocycles. The molecule has 2 aromatic heterocycles. The quantitative estimate of drug-likeness (QED) is 0.679. The Balaban J connectivity index is 1.56. The monoisotopic (exact) mass is 419 g/mol. The fourth-order valence-electron chi connectivity index (χ4n) is 4.09. The van der Waals surface area contributed by atoms with Crippen LogP contribution in [0.25, 0.3) is 0 Å². The van der Waals surface area contributed by atoms with Crippen LogP contribution in [-0.4, -0.2) is 35.6 Å². The molecule has 1 N–H and O–H groups in total. The number of halogens is 2. The second-order valence-electron chi connectivity index (χ2n) is 7.48. The van der Waals surface area contributed by atoms with Crippen molar-refractivity contribution in [3.8, 4) is 11.6 Å². The first-order valence-corrected chi connectivity index (χ1v) is 10.2. The van der Waals surface area contributed by atoms with Crippen molar-refractivity contribution in [1.82, 2.24) is 15.3 Å². The van der Waals surface area contributed by atoms with Gasteiger partial charge in [0.05, 0.1) is 12.7 Å². The Kier molecular flexibility index (Phi) is 7.54. The lowest BCUT2D eigenvalue weighted by Gasteiger charge is -2.33. The fraction of sp³-hybridized carbons (Fsp3) is 0.500. The second kappa shape index (κ2) is 10.3. The van der Waals surface area contributed by atoms with Crippen LogP contribution >= 0.6 is 0 Å². The van der Waals surface area contributed by atoms with Crippen molar-refractivity contribution in [2.45, 2.75) is 57.6 Å². The number of carbonyl (C=O) groups is 1. The van der Waals surface area contributed by atoms with Gasteiger partial charge in [0.2, 0.25) is 5.88 Å². The first kappa shape index (κ1) is 21.9. The van der Waals surface area contributed by atoms with Gasteiger partial charge in [-0.05, 0) is 50.2 Å². The van der Waals surface area contributed by atoms with Crippen molar-refractivity contribution >= 4 is 5.91 Å².